The first kappa shape index (κ1) is 22.4. The van der Waals surface area contributed by atoms with Gasteiger partial charge in [0.15, 0.2) is 0 Å². The normalized spacial score (nSPS) is 11.5. The van der Waals surface area contributed by atoms with E-state index in [2.05, 4.69) is 52.4 Å². The highest BCUT2D eigenvalue weighted by molar-refractivity contribution is 6.06. The molecule has 0 fully saturated rings. The molecule has 8 rings (SSSR count). The molecule has 0 aliphatic carbocycles. The Labute approximate surface area is 229 Å². The van der Waals surface area contributed by atoms with Crippen LogP contribution in [-0.2, 0) is 0 Å². The summed E-state index contributed by atoms with van der Waals surface area (Å²) < 4.78 is 0. The SMILES string of the molecule is c1ccc2cc(-c3cccc4c(-c5nc6ccccc6nc5-c5cccc6nccnc56)nccc34)ncc2c1. The lowest BCUT2D eigenvalue weighted by Gasteiger charge is -2.14. The van der Waals surface area contributed by atoms with Gasteiger partial charge in [-0.15, -0.1) is 0 Å². The number of aromatic nitrogens is 6. The number of para-hydroxylation sites is 3. The summed E-state index contributed by atoms with van der Waals surface area (Å²) in [5.41, 5.74) is 8.19. The van der Waals surface area contributed by atoms with Gasteiger partial charge in [-0.05, 0) is 41.1 Å². The van der Waals surface area contributed by atoms with Crippen LogP contribution < -0.4 is 0 Å². The highest BCUT2D eigenvalue weighted by atomic mass is 14.9. The van der Waals surface area contributed by atoms with Gasteiger partial charge in [0.2, 0.25) is 0 Å². The third kappa shape index (κ3) is 3.58. The molecule has 8 aromatic rings. The van der Waals surface area contributed by atoms with Crippen LogP contribution in [-0.4, -0.2) is 29.9 Å². The molecule has 4 aromatic carbocycles. The second kappa shape index (κ2) is 8.99. The zero-order valence-electron chi connectivity index (χ0n) is 21.2. The number of fused-ring (bicyclic) bond motifs is 4. The van der Waals surface area contributed by atoms with E-state index in [-0.39, 0.29) is 0 Å². The van der Waals surface area contributed by atoms with Gasteiger partial charge in [-0.2, -0.15) is 0 Å². The number of hydrogen-bond acceptors (Lipinski definition) is 6. The average molecular weight is 513 g/mol. The van der Waals surface area contributed by atoms with Crippen LogP contribution in [0.3, 0.4) is 0 Å². The fourth-order valence-electron chi connectivity index (χ4n) is 5.39. The summed E-state index contributed by atoms with van der Waals surface area (Å²) in [5, 5.41) is 4.29. The summed E-state index contributed by atoms with van der Waals surface area (Å²) in [5.74, 6) is 0. The molecule has 0 unspecified atom stereocenters. The average Bonchev–Trinajstić information content (AvgIpc) is 3.03. The van der Waals surface area contributed by atoms with E-state index in [0.717, 1.165) is 71.8 Å². The lowest BCUT2D eigenvalue weighted by molar-refractivity contribution is 1.24. The van der Waals surface area contributed by atoms with E-state index in [1.807, 2.05) is 67.0 Å². The molecule has 0 saturated heterocycles. The van der Waals surface area contributed by atoms with Crippen molar-refractivity contribution < 1.29 is 0 Å². The first-order chi connectivity index (χ1) is 19.8. The Balaban J connectivity index is 1.41. The standard InChI is InChI=1S/C34H20N6/c1-2-8-22-20-38-30(19-21(22)7-1)24-9-5-10-25-23(24)15-16-36-32(25)34-33(39-27-12-3-4-13-28(27)40-34)26-11-6-14-29-31(26)37-18-17-35-29/h1-20H. The Bertz CT molecular complexity index is 2240. The first-order valence-corrected chi connectivity index (χ1v) is 13.0. The van der Waals surface area contributed by atoms with Gasteiger partial charge in [0.05, 0.1) is 33.5 Å². The summed E-state index contributed by atoms with van der Waals surface area (Å²) in [4.78, 5) is 29.1. The predicted octanol–water partition coefficient (Wildman–Crippen LogP) is 7.67. The van der Waals surface area contributed by atoms with E-state index in [0.29, 0.717) is 5.69 Å². The molecule has 0 spiro atoms. The predicted molar refractivity (Wildman–Crippen MR) is 160 cm³/mol. The van der Waals surface area contributed by atoms with Crippen molar-refractivity contribution in [3.63, 3.8) is 0 Å². The van der Waals surface area contributed by atoms with E-state index in [4.69, 9.17) is 19.9 Å². The maximum Gasteiger partial charge on any atom is 0.116 e. The van der Waals surface area contributed by atoms with Crippen LogP contribution >= 0.6 is 0 Å². The second-order valence-corrected chi connectivity index (χ2v) is 9.62. The molecule has 4 heterocycles. The van der Waals surface area contributed by atoms with E-state index in [1.54, 1.807) is 12.4 Å². The molecule has 6 heteroatoms. The summed E-state index contributed by atoms with van der Waals surface area (Å²) in [6.07, 6.45) is 7.18. The van der Waals surface area contributed by atoms with Crippen LogP contribution in [0.4, 0.5) is 0 Å². The van der Waals surface area contributed by atoms with Crippen LogP contribution in [0.5, 0.6) is 0 Å². The molecule has 4 aromatic heterocycles. The lowest BCUT2D eigenvalue weighted by Crippen LogP contribution is -1.99. The Hall–Kier alpha value is -5.62. The van der Waals surface area contributed by atoms with Crippen LogP contribution in [0.2, 0.25) is 0 Å². The zero-order chi connectivity index (χ0) is 26.5. The molecule has 6 nitrogen and oxygen atoms in total. The molecule has 0 aliphatic heterocycles. The van der Waals surface area contributed by atoms with Crippen LogP contribution in [0.1, 0.15) is 0 Å². The minimum atomic E-state index is 0.700. The van der Waals surface area contributed by atoms with Crippen molar-refractivity contribution in [2.24, 2.45) is 0 Å². The van der Waals surface area contributed by atoms with Crippen molar-refractivity contribution >= 4 is 43.6 Å². The molecule has 0 saturated carbocycles. The highest BCUT2D eigenvalue weighted by Gasteiger charge is 2.20. The minimum Gasteiger partial charge on any atom is -0.256 e. The molecule has 0 atom stereocenters. The monoisotopic (exact) mass is 512 g/mol. The first-order valence-electron chi connectivity index (χ1n) is 13.0. The topological polar surface area (TPSA) is 77.3 Å². The smallest absolute Gasteiger partial charge is 0.116 e. The van der Waals surface area contributed by atoms with Crippen molar-refractivity contribution in [1.82, 2.24) is 29.9 Å². The fourth-order valence-corrected chi connectivity index (χ4v) is 5.39. The van der Waals surface area contributed by atoms with Crippen LogP contribution in [0.25, 0.3) is 77.5 Å². The molecular formula is C34H20N6. The van der Waals surface area contributed by atoms with Gasteiger partial charge in [0.25, 0.3) is 0 Å². The molecule has 0 radical (unpaired) electrons. The summed E-state index contributed by atoms with van der Waals surface area (Å²) >= 11 is 0. The van der Waals surface area contributed by atoms with Gasteiger partial charge in [0.1, 0.15) is 11.4 Å². The second-order valence-electron chi connectivity index (χ2n) is 9.62. The van der Waals surface area contributed by atoms with Gasteiger partial charge in [0, 0.05) is 46.7 Å². The molecule has 0 N–H and O–H groups in total. The van der Waals surface area contributed by atoms with Crippen LogP contribution in [0.15, 0.2) is 122 Å². The highest BCUT2D eigenvalue weighted by Crippen LogP contribution is 2.38. The molecule has 186 valence electrons. The molecule has 40 heavy (non-hydrogen) atoms. The number of benzene rings is 4. The summed E-state index contributed by atoms with van der Waals surface area (Å²) in [7, 11) is 0. The van der Waals surface area contributed by atoms with Crippen molar-refractivity contribution in [2.75, 3.05) is 0 Å². The van der Waals surface area contributed by atoms with Gasteiger partial charge in [-0.25, -0.2) is 9.97 Å². The quantitative estimate of drug-likeness (QED) is 0.242. The van der Waals surface area contributed by atoms with E-state index in [9.17, 15) is 0 Å². The van der Waals surface area contributed by atoms with E-state index in [1.165, 1.54) is 0 Å². The van der Waals surface area contributed by atoms with Crippen molar-refractivity contribution in [1.29, 1.82) is 0 Å². The van der Waals surface area contributed by atoms with Gasteiger partial charge in [-0.1, -0.05) is 66.7 Å². The summed E-state index contributed by atoms with van der Waals surface area (Å²) in [6, 6.07) is 32.6. The minimum absolute atomic E-state index is 0.700. The Kier molecular flexibility index (Phi) is 5.03. The fraction of sp³-hybridized carbons (Fsp3) is 0. The van der Waals surface area contributed by atoms with Gasteiger partial charge < -0.3 is 0 Å². The zero-order valence-corrected chi connectivity index (χ0v) is 21.2. The molecule has 0 amide bonds. The Morgan fingerprint density at radius 3 is 2.05 bits per heavy atom. The summed E-state index contributed by atoms with van der Waals surface area (Å²) in [6.45, 7) is 0. The third-order valence-corrected chi connectivity index (χ3v) is 7.26. The molecule has 0 bridgehead atoms. The van der Waals surface area contributed by atoms with Gasteiger partial charge >= 0.3 is 0 Å². The Morgan fingerprint density at radius 1 is 0.425 bits per heavy atom. The van der Waals surface area contributed by atoms with Crippen LogP contribution in [0, 0.1) is 0 Å². The van der Waals surface area contributed by atoms with E-state index < -0.39 is 0 Å². The lowest BCUT2D eigenvalue weighted by atomic mass is 9.97. The van der Waals surface area contributed by atoms with E-state index >= 15 is 0 Å². The number of nitrogens with zero attached hydrogens (tertiary/aromatic N) is 6. The molecular weight excluding hydrogens is 492 g/mol. The maximum atomic E-state index is 5.13. The third-order valence-electron chi connectivity index (χ3n) is 7.26. The number of pyridine rings is 2. The Morgan fingerprint density at radius 2 is 1.15 bits per heavy atom. The van der Waals surface area contributed by atoms with Gasteiger partial charge in [-0.3, -0.25) is 19.9 Å². The number of hydrogen-bond donors (Lipinski definition) is 0. The number of rotatable bonds is 3. The van der Waals surface area contributed by atoms with Crippen molar-refractivity contribution in [3.8, 4) is 33.9 Å². The van der Waals surface area contributed by atoms with Crippen molar-refractivity contribution in [2.45, 2.75) is 0 Å². The molecule has 0 aliphatic rings. The maximum absolute atomic E-state index is 5.13. The largest absolute Gasteiger partial charge is 0.256 e. The van der Waals surface area contributed by atoms with Crippen molar-refractivity contribution in [3.05, 3.63) is 122 Å².